The van der Waals surface area contributed by atoms with Crippen LogP contribution >= 0.6 is 0 Å². The van der Waals surface area contributed by atoms with Crippen LogP contribution in [-0.2, 0) is 14.6 Å². The Morgan fingerprint density at radius 1 is 1.05 bits per heavy atom. The van der Waals surface area contributed by atoms with Crippen molar-refractivity contribution in [1.29, 1.82) is 0 Å². The first-order chi connectivity index (χ1) is 10.6. The van der Waals surface area contributed by atoms with E-state index in [1.54, 1.807) is 0 Å². The highest BCUT2D eigenvalue weighted by molar-refractivity contribution is 7.93. The van der Waals surface area contributed by atoms with Crippen LogP contribution in [0, 0.1) is 0 Å². The predicted octanol–water partition coefficient (Wildman–Crippen LogP) is 2.26. The van der Waals surface area contributed by atoms with Crippen molar-refractivity contribution in [3.05, 3.63) is 35.9 Å². The maximum absolute atomic E-state index is 12.1. The van der Waals surface area contributed by atoms with Gasteiger partial charge < -0.3 is 9.64 Å². The monoisotopic (exact) mass is 319 g/mol. The molecule has 3 aliphatic rings. The van der Waals surface area contributed by atoms with Crippen molar-refractivity contribution < 1.29 is 13.2 Å². The minimum atomic E-state index is -2.89. The molecule has 1 aromatic rings. The number of ether oxygens (including phenoxy) is 1. The average Bonchev–Trinajstić information content (AvgIpc) is 2.73. The number of anilines is 1. The molecule has 3 heterocycles. The molecular weight excluding hydrogens is 298 g/mol. The number of sulfone groups is 1. The maximum Gasteiger partial charge on any atom is 0.159 e. The summed E-state index contributed by atoms with van der Waals surface area (Å²) < 4.78 is 29.7. The van der Waals surface area contributed by atoms with Crippen LogP contribution in [0.4, 0.5) is 5.69 Å². The Kier molecular flexibility index (Phi) is 3.50. The largest absolute Gasteiger partial charge is 0.378 e. The van der Waals surface area contributed by atoms with Gasteiger partial charge in [0.05, 0.1) is 23.7 Å². The molecule has 4 rings (SSSR count). The van der Waals surface area contributed by atoms with Crippen LogP contribution in [0.2, 0.25) is 0 Å². The molecule has 1 aromatic carbocycles. The van der Waals surface area contributed by atoms with Gasteiger partial charge >= 0.3 is 0 Å². The molecule has 0 spiro atoms. The normalized spacial score (nSPS) is 30.2. The molecule has 0 aliphatic carbocycles. The number of fused-ring (bicyclic) bond motifs is 2. The molecule has 0 N–H and O–H groups in total. The summed E-state index contributed by atoms with van der Waals surface area (Å²) in [6.07, 6.45) is 4.28. The zero-order valence-corrected chi connectivity index (χ0v) is 13.4. The molecule has 2 fully saturated rings. The minimum absolute atomic E-state index is 0.156. The van der Waals surface area contributed by atoms with Crippen molar-refractivity contribution in [3.8, 4) is 0 Å². The Hall–Kier alpha value is -1.33. The predicted molar refractivity (Wildman–Crippen MR) is 87.8 cm³/mol. The van der Waals surface area contributed by atoms with Gasteiger partial charge in [-0.2, -0.15) is 0 Å². The Balaban J connectivity index is 1.57. The summed E-state index contributed by atoms with van der Waals surface area (Å²) in [7, 11) is -2.89. The molecule has 4 nitrogen and oxygen atoms in total. The van der Waals surface area contributed by atoms with Crippen LogP contribution in [0.25, 0.3) is 5.57 Å². The van der Waals surface area contributed by atoms with E-state index in [9.17, 15) is 8.42 Å². The van der Waals surface area contributed by atoms with Gasteiger partial charge in [0.25, 0.3) is 0 Å². The highest BCUT2D eigenvalue weighted by Crippen LogP contribution is 2.40. The van der Waals surface area contributed by atoms with E-state index in [0.717, 1.165) is 39.1 Å². The second kappa shape index (κ2) is 5.39. The fourth-order valence-electron chi connectivity index (χ4n) is 3.78. The van der Waals surface area contributed by atoms with Crippen molar-refractivity contribution in [2.24, 2.45) is 0 Å². The maximum atomic E-state index is 12.1. The fraction of sp³-hybridized carbons (Fsp3) is 0.529. The lowest BCUT2D eigenvalue weighted by Crippen LogP contribution is -2.36. The van der Waals surface area contributed by atoms with Gasteiger partial charge in [0.2, 0.25) is 0 Å². The van der Waals surface area contributed by atoms with Crippen LogP contribution in [0.5, 0.6) is 0 Å². The van der Waals surface area contributed by atoms with Gasteiger partial charge in [0, 0.05) is 18.8 Å². The molecule has 5 heteroatoms. The average molecular weight is 319 g/mol. The minimum Gasteiger partial charge on any atom is -0.378 e. The Morgan fingerprint density at radius 2 is 1.77 bits per heavy atom. The summed E-state index contributed by atoms with van der Waals surface area (Å²) in [5.41, 5.74) is 3.60. The van der Waals surface area contributed by atoms with Gasteiger partial charge in [-0.3, -0.25) is 0 Å². The number of hydrogen-bond acceptors (Lipinski definition) is 4. The van der Waals surface area contributed by atoms with Crippen molar-refractivity contribution in [2.45, 2.75) is 29.8 Å². The molecule has 118 valence electrons. The lowest BCUT2D eigenvalue weighted by Gasteiger charge is -2.29. The van der Waals surface area contributed by atoms with Crippen LogP contribution in [0.15, 0.2) is 30.3 Å². The summed E-state index contributed by atoms with van der Waals surface area (Å²) >= 11 is 0. The van der Waals surface area contributed by atoms with E-state index in [4.69, 9.17) is 4.74 Å². The molecule has 2 unspecified atom stereocenters. The molecule has 0 aromatic heterocycles. The van der Waals surface area contributed by atoms with E-state index < -0.39 is 9.84 Å². The van der Waals surface area contributed by atoms with Gasteiger partial charge in [0.1, 0.15) is 0 Å². The zero-order valence-electron chi connectivity index (χ0n) is 12.6. The first-order valence-electron chi connectivity index (χ1n) is 8.01. The molecule has 0 saturated carbocycles. The van der Waals surface area contributed by atoms with Crippen molar-refractivity contribution in [2.75, 3.05) is 31.2 Å². The Bertz CT molecular complexity index is 687. The number of benzene rings is 1. The summed E-state index contributed by atoms with van der Waals surface area (Å²) in [6, 6.07) is 8.56. The third-order valence-corrected chi connectivity index (χ3v) is 7.66. The second-order valence-corrected chi connectivity index (χ2v) is 8.82. The zero-order chi connectivity index (χ0) is 15.2. The van der Waals surface area contributed by atoms with Crippen LogP contribution in [0.1, 0.15) is 24.8 Å². The van der Waals surface area contributed by atoms with Crippen LogP contribution in [0.3, 0.4) is 0 Å². The second-order valence-electron chi connectivity index (χ2n) is 6.37. The Morgan fingerprint density at radius 3 is 2.45 bits per heavy atom. The van der Waals surface area contributed by atoms with Gasteiger partial charge in [-0.1, -0.05) is 18.2 Å². The van der Waals surface area contributed by atoms with Gasteiger partial charge in [-0.05, 0) is 42.5 Å². The molecule has 22 heavy (non-hydrogen) atoms. The molecule has 0 amide bonds. The van der Waals surface area contributed by atoms with Crippen molar-refractivity contribution >= 4 is 21.1 Å². The third-order valence-electron chi connectivity index (χ3n) is 5.11. The number of hydrogen-bond donors (Lipinski definition) is 0. The molecule has 0 radical (unpaired) electrons. The number of rotatable bonds is 2. The van der Waals surface area contributed by atoms with E-state index in [1.807, 2.05) is 6.08 Å². The van der Waals surface area contributed by atoms with Gasteiger partial charge in [0.15, 0.2) is 9.84 Å². The van der Waals surface area contributed by atoms with E-state index in [0.29, 0.717) is 6.42 Å². The smallest absolute Gasteiger partial charge is 0.159 e. The van der Waals surface area contributed by atoms with E-state index in [-0.39, 0.29) is 10.5 Å². The Labute approximate surface area is 131 Å². The van der Waals surface area contributed by atoms with E-state index in [1.165, 1.54) is 16.8 Å². The molecular formula is C17H21NO3S. The highest BCUT2D eigenvalue weighted by Gasteiger charge is 2.43. The summed E-state index contributed by atoms with van der Waals surface area (Å²) in [5.74, 6) is 0. The van der Waals surface area contributed by atoms with Crippen molar-refractivity contribution in [1.82, 2.24) is 0 Å². The first-order valence-corrected chi connectivity index (χ1v) is 9.62. The topological polar surface area (TPSA) is 46.6 Å². The van der Waals surface area contributed by atoms with Gasteiger partial charge in [-0.25, -0.2) is 8.42 Å². The number of morpholine rings is 1. The number of allylic oxidation sites excluding steroid dienone is 1. The SMILES string of the molecule is O=S1(=O)C2C=C(c3ccc(N4CCOCC4)cc3)CC1CC2. The van der Waals surface area contributed by atoms with E-state index in [2.05, 4.69) is 29.2 Å². The lowest BCUT2D eigenvalue weighted by atomic mass is 10.0. The van der Waals surface area contributed by atoms with E-state index >= 15 is 0 Å². The third kappa shape index (κ3) is 2.36. The number of nitrogens with zero attached hydrogens (tertiary/aromatic N) is 1. The summed E-state index contributed by atoms with van der Waals surface area (Å²) in [5, 5.41) is -0.406. The standard InChI is InChI=1S/C17H21NO3S/c19-22(20)16-5-6-17(22)12-14(11-16)13-1-3-15(4-2-13)18-7-9-21-10-8-18/h1-4,11,16-17H,5-10,12H2. The summed E-state index contributed by atoms with van der Waals surface area (Å²) in [4.78, 5) is 2.33. The van der Waals surface area contributed by atoms with Crippen molar-refractivity contribution in [3.63, 3.8) is 0 Å². The molecule has 2 atom stereocenters. The van der Waals surface area contributed by atoms with Gasteiger partial charge in [-0.15, -0.1) is 0 Å². The molecule has 3 aliphatic heterocycles. The first kappa shape index (κ1) is 14.3. The van der Waals surface area contributed by atoms with Crippen LogP contribution in [-0.4, -0.2) is 45.2 Å². The molecule has 2 saturated heterocycles. The quantitative estimate of drug-likeness (QED) is 0.839. The molecule has 2 bridgehead atoms. The highest BCUT2D eigenvalue weighted by atomic mass is 32.2. The summed E-state index contributed by atoms with van der Waals surface area (Å²) in [6.45, 7) is 3.44. The fourth-order valence-corrected chi connectivity index (χ4v) is 5.97. The lowest BCUT2D eigenvalue weighted by molar-refractivity contribution is 0.122. The van der Waals surface area contributed by atoms with Crippen LogP contribution < -0.4 is 4.90 Å².